The van der Waals surface area contributed by atoms with Crippen LogP contribution in [0.3, 0.4) is 0 Å². The van der Waals surface area contributed by atoms with Crippen molar-refractivity contribution in [1.29, 1.82) is 0 Å². The van der Waals surface area contributed by atoms with Gasteiger partial charge in [0, 0.05) is 13.1 Å². The van der Waals surface area contributed by atoms with Gasteiger partial charge in [0.2, 0.25) is 0 Å². The lowest BCUT2D eigenvalue weighted by molar-refractivity contribution is 0.143. The molecule has 0 atom stereocenters. The van der Waals surface area contributed by atoms with Crippen molar-refractivity contribution in [3.63, 3.8) is 0 Å². The van der Waals surface area contributed by atoms with Crippen LogP contribution in [0, 0.1) is 0 Å². The third-order valence-electron chi connectivity index (χ3n) is 6.33. The summed E-state index contributed by atoms with van der Waals surface area (Å²) in [6, 6.07) is 0. The molecule has 0 rings (SSSR count). The molecular weight excluding hydrogens is 370 g/mol. The van der Waals surface area contributed by atoms with Crippen molar-refractivity contribution in [3.8, 4) is 0 Å². The van der Waals surface area contributed by atoms with Crippen LogP contribution in [0.5, 0.6) is 0 Å². The minimum absolute atomic E-state index is 0.726. The van der Waals surface area contributed by atoms with E-state index in [1.54, 1.807) is 4.90 Å². The molecule has 30 heavy (non-hydrogen) atoms. The molecular formula is C27H55NO2. The Balaban J connectivity index is 3.43. The molecule has 3 nitrogen and oxygen atoms in total. The van der Waals surface area contributed by atoms with E-state index in [-0.39, 0.29) is 0 Å². The predicted octanol–water partition coefficient (Wildman–Crippen LogP) is 9.59. The van der Waals surface area contributed by atoms with Crippen LogP contribution in [-0.2, 0) is 0 Å². The molecule has 0 aromatic heterocycles. The summed E-state index contributed by atoms with van der Waals surface area (Å²) in [6.45, 7) is 5.99. The Labute approximate surface area is 189 Å². The van der Waals surface area contributed by atoms with Gasteiger partial charge in [-0.05, 0) is 12.8 Å². The lowest BCUT2D eigenvalue weighted by atomic mass is 10.1. The fourth-order valence-electron chi connectivity index (χ4n) is 4.24. The van der Waals surface area contributed by atoms with Gasteiger partial charge in [0.1, 0.15) is 0 Å². The van der Waals surface area contributed by atoms with Gasteiger partial charge in [-0.3, -0.25) is 0 Å². The predicted molar refractivity (Wildman–Crippen MR) is 133 cm³/mol. The Kier molecular flexibility index (Phi) is 23.9. The number of nitrogens with zero attached hydrogens (tertiary/aromatic N) is 1. The van der Waals surface area contributed by atoms with Crippen LogP contribution in [-0.4, -0.2) is 29.2 Å². The Morgan fingerprint density at radius 3 is 0.933 bits per heavy atom. The highest BCUT2D eigenvalue weighted by molar-refractivity contribution is 5.64. The second kappa shape index (κ2) is 24.5. The van der Waals surface area contributed by atoms with Gasteiger partial charge in [-0.25, -0.2) is 4.79 Å². The van der Waals surface area contributed by atoms with Gasteiger partial charge in [0.05, 0.1) is 0 Å². The van der Waals surface area contributed by atoms with E-state index in [9.17, 15) is 9.90 Å². The normalized spacial score (nSPS) is 11.1. The number of hydrogen-bond donors (Lipinski definition) is 1. The maximum absolute atomic E-state index is 11.5. The maximum Gasteiger partial charge on any atom is 0.407 e. The highest BCUT2D eigenvalue weighted by Crippen LogP contribution is 2.13. The third kappa shape index (κ3) is 22.0. The molecule has 0 aliphatic heterocycles. The molecule has 0 unspecified atom stereocenters. The summed E-state index contributed by atoms with van der Waals surface area (Å²) in [5.41, 5.74) is 0. The standard InChI is InChI=1S/C27H55NO2/c1-3-5-7-9-11-13-15-17-19-21-23-25-28(27(29)30)26-24-22-20-18-16-14-12-10-8-6-4-2/h3-26H2,1-2H3,(H,29,30). The molecule has 0 fully saturated rings. The minimum Gasteiger partial charge on any atom is -0.465 e. The van der Waals surface area contributed by atoms with E-state index in [1.165, 1.54) is 128 Å². The molecule has 0 spiro atoms. The lowest BCUT2D eigenvalue weighted by Crippen LogP contribution is -2.31. The smallest absolute Gasteiger partial charge is 0.407 e. The van der Waals surface area contributed by atoms with Gasteiger partial charge < -0.3 is 10.0 Å². The van der Waals surface area contributed by atoms with Crippen LogP contribution in [0.4, 0.5) is 4.79 Å². The summed E-state index contributed by atoms with van der Waals surface area (Å²) in [6.07, 6.45) is 28.2. The Morgan fingerprint density at radius 1 is 0.467 bits per heavy atom. The Morgan fingerprint density at radius 2 is 0.700 bits per heavy atom. The molecule has 0 saturated heterocycles. The third-order valence-corrected chi connectivity index (χ3v) is 6.33. The number of rotatable bonds is 24. The first-order valence-electron chi connectivity index (χ1n) is 13.7. The first-order valence-corrected chi connectivity index (χ1v) is 13.7. The largest absolute Gasteiger partial charge is 0.465 e. The van der Waals surface area contributed by atoms with E-state index < -0.39 is 6.09 Å². The fraction of sp³-hybridized carbons (Fsp3) is 0.963. The molecule has 0 aromatic carbocycles. The number of carbonyl (C=O) groups is 1. The van der Waals surface area contributed by atoms with E-state index in [4.69, 9.17) is 0 Å². The zero-order chi connectivity index (χ0) is 22.1. The number of carboxylic acid groups (broad SMARTS) is 1. The van der Waals surface area contributed by atoms with Crippen molar-refractivity contribution in [3.05, 3.63) is 0 Å². The van der Waals surface area contributed by atoms with Gasteiger partial charge in [-0.1, -0.05) is 142 Å². The van der Waals surface area contributed by atoms with Crippen molar-refractivity contribution < 1.29 is 9.90 Å². The van der Waals surface area contributed by atoms with Crippen LogP contribution in [0.15, 0.2) is 0 Å². The van der Waals surface area contributed by atoms with Crippen molar-refractivity contribution in [2.24, 2.45) is 0 Å². The first-order chi connectivity index (χ1) is 14.7. The number of unbranched alkanes of at least 4 members (excludes halogenated alkanes) is 20. The topological polar surface area (TPSA) is 40.5 Å². The quantitative estimate of drug-likeness (QED) is 0.156. The summed E-state index contributed by atoms with van der Waals surface area (Å²) in [5.74, 6) is 0. The zero-order valence-electron chi connectivity index (χ0n) is 20.8. The summed E-state index contributed by atoms with van der Waals surface area (Å²) in [5, 5.41) is 9.42. The van der Waals surface area contributed by atoms with Gasteiger partial charge >= 0.3 is 6.09 Å². The molecule has 0 aliphatic rings. The van der Waals surface area contributed by atoms with Crippen LogP contribution in [0.2, 0.25) is 0 Å². The summed E-state index contributed by atoms with van der Waals surface area (Å²) in [7, 11) is 0. The van der Waals surface area contributed by atoms with Crippen LogP contribution < -0.4 is 0 Å². The molecule has 0 saturated carbocycles. The lowest BCUT2D eigenvalue weighted by Gasteiger charge is -2.19. The first kappa shape index (κ1) is 29.3. The van der Waals surface area contributed by atoms with E-state index in [2.05, 4.69) is 13.8 Å². The van der Waals surface area contributed by atoms with Crippen LogP contribution in [0.25, 0.3) is 0 Å². The minimum atomic E-state index is -0.728. The van der Waals surface area contributed by atoms with Gasteiger partial charge in [0.15, 0.2) is 0 Å². The van der Waals surface area contributed by atoms with E-state index in [1.807, 2.05) is 0 Å². The van der Waals surface area contributed by atoms with Crippen LogP contribution >= 0.6 is 0 Å². The van der Waals surface area contributed by atoms with E-state index in [0.717, 1.165) is 25.9 Å². The van der Waals surface area contributed by atoms with Crippen molar-refractivity contribution >= 4 is 6.09 Å². The molecule has 0 aromatic rings. The average Bonchev–Trinajstić information content (AvgIpc) is 2.74. The van der Waals surface area contributed by atoms with Gasteiger partial charge in [-0.2, -0.15) is 0 Å². The van der Waals surface area contributed by atoms with Gasteiger partial charge in [0.25, 0.3) is 0 Å². The summed E-state index contributed by atoms with van der Waals surface area (Å²) >= 11 is 0. The molecule has 0 heterocycles. The maximum atomic E-state index is 11.5. The Bertz CT molecular complexity index is 320. The van der Waals surface area contributed by atoms with Gasteiger partial charge in [-0.15, -0.1) is 0 Å². The Hall–Kier alpha value is -0.730. The summed E-state index contributed by atoms with van der Waals surface area (Å²) in [4.78, 5) is 13.1. The van der Waals surface area contributed by atoms with Crippen molar-refractivity contribution in [1.82, 2.24) is 4.90 Å². The monoisotopic (exact) mass is 425 g/mol. The second-order valence-electron chi connectivity index (χ2n) is 9.34. The molecule has 180 valence electrons. The van der Waals surface area contributed by atoms with Crippen molar-refractivity contribution in [2.45, 2.75) is 155 Å². The molecule has 1 N–H and O–H groups in total. The summed E-state index contributed by atoms with van der Waals surface area (Å²) < 4.78 is 0. The van der Waals surface area contributed by atoms with E-state index >= 15 is 0 Å². The van der Waals surface area contributed by atoms with Crippen LogP contribution in [0.1, 0.15) is 155 Å². The highest BCUT2D eigenvalue weighted by Gasteiger charge is 2.10. The number of amides is 1. The van der Waals surface area contributed by atoms with E-state index in [0.29, 0.717) is 0 Å². The highest BCUT2D eigenvalue weighted by atomic mass is 16.4. The fourth-order valence-corrected chi connectivity index (χ4v) is 4.24. The number of hydrogen-bond acceptors (Lipinski definition) is 1. The molecule has 0 bridgehead atoms. The molecule has 0 aliphatic carbocycles. The molecule has 1 amide bonds. The average molecular weight is 426 g/mol. The second-order valence-corrected chi connectivity index (χ2v) is 9.34. The zero-order valence-corrected chi connectivity index (χ0v) is 20.8. The molecule has 0 radical (unpaired) electrons. The SMILES string of the molecule is CCCCCCCCCCCCCN(CCCCCCCCCCCCC)C(=O)O. The van der Waals surface area contributed by atoms with Crippen molar-refractivity contribution in [2.75, 3.05) is 13.1 Å². The molecule has 3 heteroatoms.